The number of furan rings is 1. The minimum atomic E-state index is -0.757. The van der Waals surface area contributed by atoms with Crippen molar-refractivity contribution in [2.75, 3.05) is 20.3 Å². The van der Waals surface area contributed by atoms with E-state index < -0.39 is 12.0 Å². The first kappa shape index (κ1) is 25.3. The molecular weight excluding hydrogens is 504 g/mol. The van der Waals surface area contributed by atoms with Gasteiger partial charge >= 0.3 is 5.97 Å². The van der Waals surface area contributed by atoms with Gasteiger partial charge in [-0.15, -0.1) is 0 Å². The van der Waals surface area contributed by atoms with Gasteiger partial charge in [-0.2, -0.15) is 0 Å². The lowest BCUT2D eigenvalue weighted by molar-refractivity contribution is -0.136. The van der Waals surface area contributed by atoms with Gasteiger partial charge < -0.3 is 18.6 Å². The van der Waals surface area contributed by atoms with E-state index in [4.69, 9.17) is 18.6 Å². The molecule has 0 spiro atoms. The van der Waals surface area contributed by atoms with E-state index in [1.807, 2.05) is 62.4 Å². The van der Waals surface area contributed by atoms with E-state index in [2.05, 4.69) is 4.99 Å². The van der Waals surface area contributed by atoms with Gasteiger partial charge in [0.05, 0.1) is 36.5 Å². The van der Waals surface area contributed by atoms with Crippen LogP contribution in [0.1, 0.15) is 31.2 Å². The molecule has 1 aliphatic rings. The Kier molecular flexibility index (Phi) is 7.28. The summed E-state index contributed by atoms with van der Waals surface area (Å²) in [6.45, 7) is 4.67. The van der Waals surface area contributed by atoms with Crippen LogP contribution in [0.3, 0.4) is 0 Å². The Morgan fingerprint density at radius 1 is 1.05 bits per heavy atom. The van der Waals surface area contributed by atoms with Crippen molar-refractivity contribution in [2.45, 2.75) is 19.9 Å². The van der Waals surface area contributed by atoms with E-state index in [-0.39, 0.29) is 11.1 Å². The van der Waals surface area contributed by atoms with E-state index in [0.717, 1.165) is 5.56 Å². The van der Waals surface area contributed by atoms with Crippen molar-refractivity contribution >= 4 is 23.4 Å². The molecule has 2 aromatic heterocycles. The number of nitrogens with zero attached hydrogens (tertiary/aromatic N) is 2. The third-order valence-electron chi connectivity index (χ3n) is 5.97. The fraction of sp³-hybridized carbons (Fsp3) is 0.207. The maximum absolute atomic E-state index is 13.7. The number of esters is 1. The van der Waals surface area contributed by atoms with Crippen molar-refractivity contribution in [3.63, 3.8) is 0 Å². The molecule has 0 unspecified atom stereocenters. The van der Waals surface area contributed by atoms with Gasteiger partial charge in [0.1, 0.15) is 11.5 Å². The molecule has 3 heterocycles. The summed E-state index contributed by atoms with van der Waals surface area (Å²) in [5, 5.41) is 0. The zero-order valence-corrected chi connectivity index (χ0v) is 22.0. The number of hydrogen-bond donors (Lipinski definition) is 0. The van der Waals surface area contributed by atoms with Crippen LogP contribution in [0.2, 0.25) is 0 Å². The van der Waals surface area contributed by atoms with Crippen molar-refractivity contribution in [1.82, 2.24) is 4.57 Å². The number of methoxy groups -OCH3 is 1. The number of rotatable bonds is 8. The smallest absolute Gasteiger partial charge is 0.337 e. The highest BCUT2D eigenvalue weighted by Crippen LogP contribution is 2.35. The second-order valence-corrected chi connectivity index (χ2v) is 9.33. The van der Waals surface area contributed by atoms with E-state index in [1.54, 1.807) is 18.2 Å². The number of hydrogen-bond acceptors (Lipinski definition) is 8. The monoisotopic (exact) mass is 530 g/mol. The number of carbonyl (C=O) groups is 1. The number of aromatic nitrogens is 1. The van der Waals surface area contributed by atoms with Crippen LogP contribution in [-0.2, 0) is 9.53 Å². The minimum Gasteiger partial charge on any atom is -0.490 e. The molecule has 194 valence electrons. The van der Waals surface area contributed by atoms with Crippen molar-refractivity contribution < 1.29 is 23.4 Å². The summed E-state index contributed by atoms with van der Waals surface area (Å²) in [5.41, 5.74) is 1.55. The number of carbonyl (C=O) groups excluding carboxylic acids is 1. The molecule has 5 rings (SSSR count). The summed E-state index contributed by atoms with van der Waals surface area (Å²) in [6.07, 6.45) is 3.15. The second kappa shape index (κ2) is 10.9. The first-order chi connectivity index (χ1) is 18.5. The Hall–Kier alpha value is -4.37. The quantitative estimate of drug-likeness (QED) is 0.319. The van der Waals surface area contributed by atoms with Gasteiger partial charge in [-0.3, -0.25) is 9.36 Å². The Labute approximate surface area is 222 Å². The Bertz CT molecular complexity index is 1680. The zero-order valence-electron chi connectivity index (χ0n) is 21.2. The van der Waals surface area contributed by atoms with Gasteiger partial charge in [0, 0.05) is 17.8 Å². The summed E-state index contributed by atoms with van der Waals surface area (Å²) >= 11 is 1.22. The molecule has 0 bridgehead atoms. The van der Waals surface area contributed by atoms with Gasteiger partial charge in [0.2, 0.25) is 0 Å². The maximum atomic E-state index is 13.7. The van der Waals surface area contributed by atoms with Gasteiger partial charge in [-0.1, -0.05) is 47.7 Å². The summed E-state index contributed by atoms with van der Waals surface area (Å²) < 4.78 is 24.4. The molecule has 0 radical (unpaired) electrons. The number of fused-ring (bicyclic) bond motifs is 1. The van der Waals surface area contributed by atoms with Crippen LogP contribution in [0.25, 0.3) is 17.4 Å². The fourth-order valence-corrected chi connectivity index (χ4v) is 5.25. The van der Waals surface area contributed by atoms with Crippen LogP contribution in [0, 0.1) is 0 Å². The molecule has 1 aliphatic heterocycles. The third kappa shape index (κ3) is 4.80. The van der Waals surface area contributed by atoms with Gasteiger partial charge in [-0.25, -0.2) is 9.79 Å². The highest BCUT2D eigenvalue weighted by atomic mass is 32.1. The molecule has 38 heavy (non-hydrogen) atoms. The molecule has 0 fully saturated rings. The molecule has 8 nitrogen and oxygen atoms in total. The molecule has 0 saturated heterocycles. The molecular formula is C29H26N2O6S. The van der Waals surface area contributed by atoms with Crippen LogP contribution in [0.15, 0.2) is 86.6 Å². The SMILES string of the molecule is CCOc1ccc([C@H]2C(C(=O)OC)=CN=c3s/c(=C\c4ccc(-c5ccccc5)o4)c(=O)n32)cc1OCC. The fourth-order valence-electron chi connectivity index (χ4n) is 4.30. The van der Waals surface area contributed by atoms with Crippen molar-refractivity contribution in [3.8, 4) is 22.8 Å². The molecule has 0 saturated carbocycles. The Balaban J connectivity index is 1.62. The van der Waals surface area contributed by atoms with Crippen molar-refractivity contribution in [3.05, 3.63) is 103 Å². The molecule has 0 N–H and O–H groups in total. The first-order valence-corrected chi connectivity index (χ1v) is 13.0. The summed E-state index contributed by atoms with van der Waals surface area (Å²) in [6, 6.07) is 18.0. The average Bonchev–Trinajstić information content (AvgIpc) is 3.54. The van der Waals surface area contributed by atoms with Crippen LogP contribution in [-0.4, -0.2) is 30.9 Å². The van der Waals surface area contributed by atoms with E-state index in [9.17, 15) is 9.59 Å². The van der Waals surface area contributed by atoms with Crippen LogP contribution in [0.4, 0.5) is 0 Å². The van der Waals surface area contributed by atoms with Crippen LogP contribution >= 0.6 is 11.3 Å². The van der Waals surface area contributed by atoms with Crippen LogP contribution < -0.4 is 24.4 Å². The maximum Gasteiger partial charge on any atom is 0.337 e. The standard InChI is InChI=1S/C29H26N2O6S/c1-4-35-23-13-11-19(15-24(23)36-5-2)26-21(28(33)34-3)17-30-29-31(26)27(32)25(38-29)16-20-12-14-22(37-20)18-9-7-6-8-10-18/h6-17,26H,4-5H2,1-3H3/b25-16-/t26-/m0/s1. The Morgan fingerprint density at radius 3 is 2.55 bits per heavy atom. The first-order valence-electron chi connectivity index (χ1n) is 12.2. The highest BCUT2D eigenvalue weighted by Gasteiger charge is 2.31. The number of thiazole rings is 1. The van der Waals surface area contributed by atoms with Crippen molar-refractivity contribution in [2.24, 2.45) is 4.99 Å². The van der Waals surface area contributed by atoms with E-state index in [0.29, 0.717) is 51.1 Å². The van der Waals surface area contributed by atoms with E-state index in [1.165, 1.54) is 29.2 Å². The largest absolute Gasteiger partial charge is 0.490 e. The second-order valence-electron chi connectivity index (χ2n) is 8.32. The molecule has 1 atom stereocenters. The van der Waals surface area contributed by atoms with Gasteiger partial charge in [0.15, 0.2) is 16.3 Å². The summed E-state index contributed by atoms with van der Waals surface area (Å²) in [5.74, 6) is 1.78. The summed E-state index contributed by atoms with van der Waals surface area (Å²) in [7, 11) is 1.30. The summed E-state index contributed by atoms with van der Waals surface area (Å²) in [4.78, 5) is 31.3. The zero-order chi connectivity index (χ0) is 26.6. The molecule has 4 aromatic rings. The lowest BCUT2D eigenvalue weighted by atomic mass is 9.97. The molecule has 0 aliphatic carbocycles. The third-order valence-corrected chi connectivity index (χ3v) is 6.96. The predicted molar refractivity (Wildman–Crippen MR) is 144 cm³/mol. The number of benzene rings is 2. The normalized spacial score (nSPS) is 14.9. The Morgan fingerprint density at radius 2 is 1.82 bits per heavy atom. The average molecular weight is 531 g/mol. The molecule has 9 heteroatoms. The van der Waals surface area contributed by atoms with Gasteiger partial charge in [0.25, 0.3) is 5.56 Å². The topological polar surface area (TPSA) is 92.3 Å². The van der Waals surface area contributed by atoms with E-state index >= 15 is 0 Å². The number of ether oxygens (including phenoxy) is 3. The predicted octanol–water partition coefficient (Wildman–Crippen LogP) is 4.08. The molecule has 2 aromatic carbocycles. The minimum absolute atomic E-state index is 0.238. The van der Waals surface area contributed by atoms with Crippen LogP contribution in [0.5, 0.6) is 11.5 Å². The highest BCUT2D eigenvalue weighted by molar-refractivity contribution is 7.07. The van der Waals surface area contributed by atoms with Crippen molar-refractivity contribution in [1.29, 1.82) is 0 Å². The molecule has 0 amide bonds. The lowest BCUT2D eigenvalue weighted by Gasteiger charge is -2.23. The van der Waals surface area contributed by atoms with Gasteiger partial charge in [-0.05, 0) is 43.7 Å². The lowest BCUT2D eigenvalue weighted by Crippen LogP contribution is -2.39.